The van der Waals surface area contributed by atoms with Crippen LogP contribution in [0.5, 0.6) is 0 Å². The first-order valence-electron chi connectivity index (χ1n) is 9.34. The third-order valence-electron chi connectivity index (χ3n) is 5.00. The second-order valence-corrected chi connectivity index (χ2v) is 6.94. The lowest BCUT2D eigenvalue weighted by Crippen LogP contribution is -2.33. The summed E-state index contributed by atoms with van der Waals surface area (Å²) in [4.78, 5) is 11.6. The SMILES string of the molecule is Cn1nc2nc(NCCN3CCCCC3)nc(-c3cccc(F)c3)c2c1N. The van der Waals surface area contributed by atoms with Gasteiger partial charge in [0.05, 0.1) is 11.1 Å². The van der Waals surface area contributed by atoms with E-state index in [-0.39, 0.29) is 5.82 Å². The molecule has 0 unspecified atom stereocenters. The fraction of sp³-hybridized carbons (Fsp3) is 0.421. The molecule has 0 radical (unpaired) electrons. The van der Waals surface area contributed by atoms with Gasteiger partial charge in [-0.1, -0.05) is 18.6 Å². The van der Waals surface area contributed by atoms with Crippen LogP contribution in [0.4, 0.5) is 16.2 Å². The molecular formula is C19H24FN7. The number of aromatic nitrogens is 4. The van der Waals surface area contributed by atoms with E-state index in [9.17, 15) is 4.39 Å². The van der Waals surface area contributed by atoms with E-state index in [1.807, 2.05) is 6.07 Å². The molecule has 0 spiro atoms. The van der Waals surface area contributed by atoms with E-state index in [1.54, 1.807) is 17.8 Å². The predicted octanol–water partition coefficient (Wildman–Crippen LogP) is 2.65. The quantitative estimate of drug-likeness (QED) is 0.719. The van der Waals surface area contributed by atoms with Gasteiger partial charge in [0.1, 0.15) is 11.6 Å². The lowest BCUT2D eigenvalue weighted by molar-refractivity contribution is 0.237. The van der Waals surface area contributed by atoms with Crippen LogP contribution in [-0.4, -0.2) is 50.8 Å². The first-order valence-corrected chi connectivity index (χ1v) is 9.34. The summed E-state index contributed by atoms with van der Waals surface area (Å²) in [6, 6.07) is 6.33. The van der Waals surface area contributed by atoms with Crippen LogP contribution in [0.25, 0.3) is 22.3 Å². The van der Waals surface area contributed by atoms with Crippen LogP contribution >= 0.6 is 0 Å². The summed E-state index contributed by atoms with van der Waals surface area (Å²) in [6.07, 6.45) is 3.85. The molecule has 0 atom stereocenters. The van der Waals surface area contributed by atoms with Crippen LogP contribution in [0, 0.1) is 5.82 Å². The molecule has 3 N–H and O–H groups in total. The van der Waals surface area contributed by atoms with Gasteiger partial charge in [0.2, 0.25) is 5.95 Å². The van der Waals surface area contributed by atoms with Crippen LogP contribution in [0.2, 0.25) is 0 Å². The Bertz CT molecular complexity index is 947. The number of nitrogens with two attached hydrogens (primary N) is 1. The Hall–Kier alpha value is -2.74. The van der Waals surface area contributed by atoms with E-state index in [1.165, 1.54) is 31.4 Å². The minimum absolute atomic E-state index is 0.318. The van der Waals surface area contributed by atoms with Gasteiger partial charge in [-0.3, -0.25) is 4.68 Å². The molecule has 4 rings (SSSR count). The van der Waals surface area contributed by atoms with E-state index < -0.39 is 0 Å². The molecule has 1 aliphatic heterocycles. The molecule has 27 heavy (non-hydrogen) atoms. The number of benzene rings is 1. The smallest absolute Gasteiger partial charge is 0.225 e. The molecule has 1 aromatic carbocycles. The van der Waals surface area contributed by atoms with Crippen molar-refractivity contribution >= 4 is 22.8 Å². The minimum atomic E-state index is -0.318. The normalized spacial score (nSPS) is 15.3. The first kappa shape index (κ1) is 17.7. The minimum Gasteiger partial charge on any atom is -0.383 e. The summed E-state index contributed by atoms with van der Waals surface area (Å²) in [5, 5.41) is 8.31. The van der Waals surface area contributed by atoms with Crippen LogP contribution in [0.1, 0.15) is 19.3 Å². The highest BCUT2D eigenvalue weighted by molar-refractivity contribution is 5.98. The Morgan fingerprint density at radius 2 is 2.00 bits per heavy atom. The summed E-state index contributed by atoms with van der Waals surface area (Å²) in [6.45, 7) is 3.98. The zero-order valence-corrected chi connectivity index (χ0v) is 15.5. The number of nitrogen functional groups attached to an aromatic ring is 1. The molecule has 8 heteroatoms. The molecule has 2 aromatic heterocycles. The van der Waals surface area contributed by atoms with Crippen molar-refractivity contribution in [3.05, 3.63) is 30.1 Å². The Morgan fingerprint density at radius 3 is 2.78 bits per heavy atom. The number of hydrogen-bond donors (Lipinski definition) is 2. The van der Waals surface area contributed by atoms with Gasteiger partial charge >= 0.3 is 0 Å². The van der Waals surface area contributed by atoms with Crippen molar-refractivity contribution in [1.29, 1.82) is 0 Å². The lowest BCUT2D eigenvalue weighted by Gasteiger charge is -2.26. The highest BCUT2D eigenvalue weighted by atomic mass is 19.1. The maximum absolute atomic E-state index is 13.8. The largest absolute Gasteiger partial charge is 0.383 e. The fourth-order valence-corrected chi connectivity index (χ4v) is 3.55. The molecule has 1 fully saturated rings. The average molecular weight is 369 g/mol. The number of nitrogens with zero attached hydrogens (tertiary/aromatic N) is 5. The van der Waals surface area contributed by atoms with E-state index in [4.69, 9.17) is 5.73 Å². The number of likely N-dealkylation sites (tertiary alicyclic amines) is 1. The van der Waals surface area contributed by atoms with Crippen LogP contribution < -0.4 is 11.1 Å². The van der Waals surface area contributed by atoms with Gasteiger partial charge in [-0.25, -0.2) is 9.37 Å². The standard InChI is InChI=1S/C19H24FN7/c1-26-17(21)15-16(13-6-5-7-14(20)12-13)23-19(24-18(15)25-26)22-8-11-27-9-3-2-4-10-27/h5-7,12H,2-4,8-11,21H2,1H3,(H,22,24,25). The average Bonchev–Trinajstić information content (AvgIpc) is 2.96. The maximum atomic E-state index is 13.8. The maximum Gasteiger partial charge on any atom is 0.225 e. The number of rotatable bonds is 5. The molecule has 0 saturated carbocycles. The van der Waals surface area contributed by atoms with E-state index in [2.05, 4.69) is 25.3 Å². The second-order valence-electron chi connectivity index (χ2n) is 6.94. The summed E-state index contributed by atoms with van der Waals surface area (Å²) >= 11 is 0. The molecular weight excluding hydrogens is 345 g/mol. The Labute approximate surface area is 157 Å². The van der Waals surface area contributed by atoms with Gasteiger partial charge in [-0.05, 0) is 38.1 Å². The van der Waals surface area contributed by atoms with Gasteiger partial charge in [0.15, 0.2) is 5.65 Å². The summed E-state index contributed by atoms with van der Waals surface area (Å²) < 4.78 is 15.3. The van der Waals surface area contributed by atoms with Gasteiger partial charge in [-0.2, -0.15) is 10.1 Å². The Kier molecular flexibility index (Phi) is 4.89. The molecule has 1 aliphatic rings. The van der Waals surface area contributed by atoms with Gasteiger partial charge in [0.25, 0.3) is 0 Å². The molecule has 1 saturated heterocycles. The summed E-state index contributed by atoms with van der Waals surface area (Å²) in [5.41, 5.74) is 7.91. The summed E-state index contributed by atoms with van der Waals surface area (Å²) in [7, 11) is 1.76. The van der Waals surface area contributed by atoms with Crippen molar-refractivity contribution in [1.82, 2.24) is 24.6 Å². The highest BCUT2D eigenvalue weighted by Crippen LogP contribution is 2.31. The molecule has 0 amide bonds. The van der Waals surface area contributed by atoms with Crippen LogP contribution in [-0.2, 0) is 7.05 Å². The first-order chi connectivity index (χ1) is 13.1. The number of fused-ring (bicyclic) bond motifs is 1. The number of piperidine rings is 1. The lowest BCUT2D eigenvalue weighted by atomic mass is 10.1. The highest BCUT2D eigenvalue weighted by Gasteiger charge is 2.17. The fourth-order valence-electron chi connectivity index (χ4n) is 3.55. The zero-order chi connectivity index (χ0) is 18.8. The van der Waals surface area contributed by atoms with Crippen molar-refractivity contribution in [3.8, 4) is 11.3 Å². The number of halogens is 1. The molecule has 7 nitrogen and oxygen atoms in total. The van der Waals surface area contributed by atoms with E-state index in [0.29, 0.717) is 34.1 Å². The molecule has 3 aromatic rings. The third-order valence-corrected chi connectivity index (χ3v) is 5.00. The van der Waals surface area contributed by atoms with Crippen LogP contribution in [0.3, 0.4) is 0 Å². The van der Waals surface area contributed by atoms with Crippen molar-refractivity contribution in [2.75, 3.05) is 37.2 Å². The third kappa shape index (κ3) is 3.71. The second kappa shape index (κ2) is 7.48. The number of nitrogens with one attached hydrogen (secondary N) is 1. The van der Waals surface area contributed by atoms with Crippen molar-refractivity contribution in [3.63, 3.8) is 0 Å². The zero-order valence-electron chi connectivity index (χ0n) is 15.5. The topological polar surface area (TPSA) is 84.9 Å². The molecule has 0 aliphatic carbocycles. The summed E-state index contributed by atoms with van der Waals surface area (Å²) in [5.74, 6) is 0.627. The molecule has 0 bridgehead atoms. The van der Waals surface area contributed by atoms with Crippen LogP contribution in [0.15, 0.2) is 24.3 Å². The van der Waals surface area contributed by atoms with Gasteiger partial charge in [-0.15, -0.1) is 0 Å². The Balaban J connectivity index is 1.63. The number of aryl methyl sites for hydroxylation is 1. The molecule has 3 heterocycles. The van der Waals surface area contributed by atoms with Gasteiger partial charge < -0.3 is 16.0 Å². The predicted molar refractivity (Wildman–Crippen MR) is 105 cm³/mol. The van der Waals surface area contributed by atoms with E-state index in [0.717, 1.165) is 26.2 Å². The van der Waals surface area contributed by atoms with Crippen molar-refractivity contribution in [2.45, 2.75) is 19.3 Å². The molecule has 142 valence electrons. The number of hydrogen-bond acceptors (Lipinski definition) is 6. The van der Waals surface area contributed by atoms with Gasteiger partial charge in [0, 0.05) is 25.7 Å². The van der Waals surface area contributed by atoms with Crippen molar-refractivity contribution in [2.24, 2.45) is 7.05 Å². The van der Waals surface area contributed by atoms with E-state index >= 15 is 0 Å². The number of anilines is 2. The Morgan fingerprint density at radius 1 is 1.19 bits per heavy atom. The monoisotopic (exact) mass is 369 g/mol. The van der Waals surface area contributed by atoms with Crippen molar-refractivity contribution < 1.29 is 4.39 Å².